The maximum Gasteiger partial charge on any atom is 0.339 e. The van der Waals surface area contributed by atoms with Crippen LogP contribution in [0.1, 0.15) is 11.1 Å². The highest BCUT2D eigenvalue weighted by molar-refractivity contribution is 7.87. The molecule has 4 aromatic carbocycles. The molecule has 2 amide bonds. The van der Waals surface area contributed by atoms with Gasteiger partial charge in [0, 0.05) is 0 Å². The molecule has 0 aromatic heterocycles. The SMILES string of the molecule is O=C(N/N=C/c1ccc(OS(=O)(=O)c2ccccc2)cc1)C(=O)N/N=C/c1ccc(OS(=O)(=O)c2ccccc2)cc1. The Kier molecular flexibility index (Phi) is 9.42. The fourth-order valence-corrected chi connectivity index (χ4v) is 5.08. The Morgan fingerprint density at radius 2 is 0.857 bits per heavy atom. The van der Waals surface area contributed by atoms with E-state index < -0.39 is 32.1 Å². The van der Waals surface area contributed by atoms with Crippen molar-refractivity contribution in [1.29, 1.82) is 0 Å². The molecule has 4 rings (SSSR count). The molecule has 0 heterocycles. The van der Waals surface area contributed by atoms with E-state index in [0.717, 1.165) is 0 Å². The van der Waals surface area contributed by atoms with Crippen LogP contribution in [0.25, 0.3) is 0 Å². The highest BCUT2D eigenvalue weighted by Crippen LogP contribution is 2.20. The summed E-state index contributed by atoms with van der Waals surface area (Å²) in [5.74, 6) is -2.02. The number of rotatable bonds is 10. The second kappa shape index (κ2) is 13.3. The lowest BCUT2D eigenvalue weighted by Crippen LogP contribution is -2.35. The zero-order valence-corrected chi connectivity index (χ0v) is 23.2. The first-order valence-corrected chi connectivity index (χ1v) is 14.8. The molecular weight excluding hydrogens is 584 g/mol. The van der Waals surface area contributed by atoms with E-state index in [4.69, 9.17) is 8.37 Å². The number of benzene rings is 4. The van der Waals surface area contributed by atoms with E-state index in [1.54, 1.807) is 36.4 Å². The topological polar surface area (TPSA) is 170 Å². The van der Waals surface area contributed by atoms with Gasteiger partial charge in [0.05, 0.1) is 12.4 Å². The fraction of sp³-hybridized carbons (Fsp3) is 0. The van der Waals surface area contributed by atoms with Gasteiger partial charge in [0.15, 0.2) is 0 Å². The molecule has 4 aromatic rings. The summed E-state index contributed by atoms with van der Waals surface area (Å²) < 4.78 is 59.3. The molecular formula is C28H22N4O8S2. The largest absolute Gasteiger partial charge is 0.379 e. The Morgan fingerprint density at radius 1 is 0.524 bits per heavy atom. The van der Waals surface area contributed by atoms with Gasteiger partial charge >= 0.3 is 32.1 Å². The van der Waals surface area contributed by atoms with E-state index in [1.807, 2.05) is 10.9 Å². The highest BCUT2D eigenvalue weighted by Gasteiger charge is 2.17. The van der Waals surface area contributed by atoms with Crippen LogP contribution >= 0.6 is 0 Å². The van der Waals surface area contributed by atoms with Crippen LogP contribution in [0.3, 0.4) is 0 Å². The standard InChI is InChI=1S/C28H22N4O8S2/c33-27(31-29-19-21-11-15-23(16-12-21)39-41(35,36)25-7-3-1-4-8-25)28(34)32-30-20-22-13-17-24(18-14-22)40-42(37,38)26-9-5-2-6-10-26/h1-20H,(H,31,33)(H,32,34)/b29-19+,30-20+. The van der Waals surface area contributed by atoms with E-state index in [2.05, 4.69) is 10.2 Å². The van der Waals surface area contributed by atoms with Crippen LogP contribution in [0, 0.1) is 0 Å². The summed E-state index contributed by atoms with van der Waals surface area (Å²) in [4.78, 5) is 23.9. The molecule has 0 saturated heterocycles. The Morgan fingerprint density at radius 3 is 1.19 bits per heavy atom. The van der Waals surface area contributed by atoms with Crippen molar-refractivity contribution in [3.8, 4) is 11.5 Å². The minimum atomic E-state index is -3.98. The second-order valence-corrected chi connectivity index (χ2v) is 11.3. The van der Waals surface area contributed by atoms with E-state index in [9.17, 15) is 26.4 Å². The molecule has 0 spiro atoms. The van der Waals surface area contributed by atoms with Crippen LogP contribution in [0.15, 0.2) is 129 Å². The van der Waals surface area contributed by atoms with E-state index in [-0.39, 0.29) is 21.3 Å². The molecule has 0 fully saturated rings. The summed E-state index contributed by atoms with van der Waals surface area (Å²) in [5.41, 5.74) is 5.06. The first-order valence-electron chi connectivity index (χ1n) is 12.0. The number of nitrogens with zero attached hydrogens (tertiary/aromatic N) is 2. The number of nitrogens with one attached hydrogen (secondary N) is 2. The molecule has 0 aliphatic carbocycles. The number of hydrazone groups is 2. The molecule has 0 radical (unpaired) electrons. The number of carbonyl (C=O) groups excluding carboxylic acids is 2. The third-order valence-electron chi connectivity index (χ3n) is 5.20. The van der Waals surface area contributed by atoms with E-state index in [0.29, 0.717) is 11.1 Å². The van der Waals surface area contributed by atoms with Gasteiger partial charge in [-0.1, -0.05) is 36.4 Å². The first kappa shape index (κ1) is 29.6. The van der Waals surface area contributed by atoms with Gasteiger partial charge in [0.1, 0.15) is 21.3 Å². The molecule has 0 saturated carbocycles. The second-order valence-electron chi connectivity index (χ2n) is 8.24. The summed E-state index contributed by atoms with van der Waals surface area (Å²) in [6, 6.07) is 27.0. The van der Waals surface area contributed by atoms with Crippen molar-refractivity contribution in [2.24, 2.45) is 10.2 Å². The normalized spacial score (nSPS) is 11.7. The van der Waals surface area contributed by atoms with Gasteiger partial charge in [-0.05, 0) is 83.9 Å². The average molecular weight is 607 g/mol. The van der Waals surface area contributed by atoms with Crippen molar-refractivity contribution >= 4 is 44.5 Å². The minimum absolute atomic E-state index is 0.0145. The maximum absolute atomic E-state index is 12.3. The quantitative estimate of drug-likeness (QED) is 0.120. The molecule has 42 heavy (non-hydrogen) atoms. The maximum atomic E-state index is 12.3. The van der Waals surface area contributed by atoms with Gasteiger partial charge in [-0.15, -0.1) is 0 Å². The molecule has 0 bridgehead atoms. The van der Waals surface area contributed by atoms with Crippen molar-refractivity contribution < 1.29 is 34.8 Å². The van der Waals surface area contributed by atoms with Gasteiger partial charge in [-0.25, -0.2) is 10.9 Å². The van der Waals surface area contributed by atoms with Crippen molar-refractivity contribution in [3.63, 3.8) is 0 Å². The number of hydrogen-bond donors (Lipinski definition) is 2. The summed E-state index contributed by atoms with van der Waals surface area (Å²) >= 11 is 0. The van der Waals surface area contributed by atoms with Gasteiger partial charge in [0.25, 0.3) is 0 Å². The molecule has 0 atom stereocenters. The molecule has 0 unspecified atom stereocenters. The Bertz CT molecular complexity index is 1670. The van der Waals surface area contributed by atoms with Crippen LogP contribution in [-0.2, 0) is 29.8 Å². The van der Waals surface area contributed by atoms with Gasteiger partial charge in [-0.2, -0.15) is 27.0 Å². The summed E-state index contributed by atoms with van der Waals surface area (Å²) in [7, 11) is -7.96. The zero-order valence-electron chi connectivity index (χ0n) is 21.5. The molecule has 2 N–H and O–H groups in total. The molecule has 14 heteroatoms. The van der Waals surface area contributed by atoms with E-state index in [1.165, 1.54) is 85.2 Å². The predicted molar refractivity (Wildman–Crippen MR) is 153 cm³/mol. The number of amides is 2. The van der Waals surface area contributed by atoms with Crippen LogP contribution in [0.5, 0.6) is 11.5 Å². The van der Waals surface area contributed by atoms with Gasteiger partial charge in [0.2, 0.25) is 0 Å². The number of hydrogen-bond acceptors (Lipinski definition) is 10. The minimum Gasteiger partial charge on any atom is -0.379 e. The predicted octanol–water partition coefficient (Wildman–Crippen LogP) is 2.82. The van der Waals surface area contributed by atoms with Crippen molar-refractivity contribution in [2.75, 3.05) is 0 Å². The Labute approximate surface area is 241 Å². The molecule has 0 aliphatic heterocycles. The molecule has 214 valence electrons. The lowest BCUT2D eigenvalue weighted by atomic mass is 10.2. The van der Waals surface area contributed by atoms with Crippen LogP contribution < -0.4 is 19.2 Å². The van der Waals surface area contributed by atoms with Crippen molar-refractivity contribution in [1.82, 2.24) is 10.9 Å². The van der Waals surface area contributed by atoms with Crippen LogP contribution in [0.4, 0.5) is 0 Å². The summed E-state index contributed by atoms with van der Waals surface area (Å²) in [6.07, 6.45) is 2.48. The average Bonchev–Trinajstić information content (AvgIpc) is 2.99. The lowest BCUT2D eigenvalue weighted by molar-refractivity contribution is -0.139. The fourth-order valence-electron chi connectivity index (χ4n) is 3.18. The Balaban J connectivity index is 1.23. The third kappa shape index (κ3) is 8.33. The highest BCUT2D eigenvalue weighted by atomic mass is 32.2. The van der Waals surface area contributed by atoms with Crippen LogP contribution in [0.2, 0.25) is 0 Å². The van der Waals surface area contributed by atoms with Crippen molar-refractivity contribution in [2.45, 2.75) is 9.79 Å². The van der Waals surface area contributed by atoms with E-state index >= 15 is 0 Å². The first-order chi connectivity index (χ1) is 20.1. The number of carbonyl (C=O) groups is 2. The summed E-state index contributed by atoms with van der Waals surface area (Å²) in [6.45, 7) is 0. The van der Waals surface area contributed by atoms with Gasteiger partial charge < -0.3 is 8.37 Å². The van der Waals surface area contributed by atoms with Crippen molar-refractivity contribution in [3.05, 3.63) is 120 Å². The monoisotopic (exact) mass is 606 g/mol. The molecule has 12 nitrogen and oxygen atoms in total. The molecule has 0 aliphatic rings. The third-order valence-corrected chi connectivity index (χ3v) is 7.72. The van der Waals surface area contributed by atoms with Gasteiger partial charge in [-0.3, -0.25) is 9.59 Å². The Hall–Kier alpha value is -5.34. The van der Waals surface area contributed by atoms with Crippen LogP contribution in [-0.4, -0.2) is 41.1 Å². The zero-order chi connectivity index (χ0) is 30.0. The summed E-state index contributed by atoms with van der Waals surface area (Å²) in [5, 5.41) is 7.36. The lowest BCUT2D eigenvalue weighted by Gasteiger charge is -2.07. The smallest absolute Gasteiger partial charge is 0.339 e.